The maximum atomic E-state index is 12.5. The van der Waals surface area contributed by atoms with E-state index in [-0.39, 0.29) is 5.91 Å². The van der Waals surface area contributed by atoms with Crippen LogP contribution in [0.15, 0.2) is 48.5 Å². The number of hydrogen-bond donors (Lipinski definition) is 3. The van der Waals surface area contributed by atoms with Crippen molar-refractivity contribution >= 4 is 11.6 Å². The van der Waals surface area contributed by atoms with Crippen LogP contribution in [0.3, 0.4) is 0 Å². The average molecular weight is 404 g/mol. The van der Waals surface area contributed by atoms with Crippen LogP contribution in [0.5, 0.6) is 0 Å². The highest BCUT2D eigenvalue weighted by atomic mass is 16.1. The summed E-state index contributed by atoms with van der Waals surface area (Å²) in [5.74, 6) is 2.85. The molecule has 158 valence electrons. The number of anilines is 1. The first-order chi connectivity index (χ1) is 14.6. The number of nitrogen functional groups attached to an aromatic ring is 1. The summed E-state index contributed by atoms with van der Waals surface area (Å²) >= 11 is 0. The van der Waals surface area contributed by atoms with Crippen LogP contribution in [0, 0.1) is 17.8 Å². The van der Waals surface area contributed by atoms with E-state index in [0.717, 1.165) is 47.5 Å². The summed E-state index contributed by atoms with van der Waals surface area (Å²) in [6.45, 7) is 1.49. The Kier molecular flexibility index (Phi) is 5.28. The molecule has 0 atom stereocenters. The Morgan fingerprint density at radius 2 is 1.57 bits per heavy atom. The van der Waals surface area contributed by atoms with Crippen molar-refractivity contribution in [2.24, 2.45) is 17.8 Å². The second-order valence-electron chi connectivity index (χ2n) is 9.95. The lowest BCUT2D eigenvalue weighted by atomic mass is 9.53. The van der Waals surface area contributed by atoms with Gasteiger partial charge in [-0.1, -0.05) is 30.3 Å². The van der Waals surface area contributed by atoms with Crippen molar-refractivity contribution in [2.45, 2.75) is 57.0 Å². The summed E-state index contributed by atoms with van der Waals surface area (Å²) in [5, 5.41) is 6.94. The van der Waals surface area contributed by atoms with E-state index >= 15 is 0 Å². The van der Waals surface area contributed by atoms with E-state index in [4.69, 9.17) is 5.73 Å². The maximum absolute atomic E-state index is 12.5. The summed E-state index contributed by atoms with van der Waals surface area (Å²) in [4.78, 5) is 12.5. The van der Waals surface area contributed by atoms with Gasteiger partial charge in [0.15, 0.2) is 0 Å². The van der Waals surface area contributed by atoms with Crippen molar-refractivity contribution in [1.82, 2.24) is 10.6 Å². The molecule has 4 nitrogen and oxygen atoms in total. The minimum Gasteiger partial charge on any atom is -0.399 e. The first-order valence-electron chi connectivity index (χ1n) is 11.5. The van der Waals surface area contributed by atoms with Gasteiger partial charge >= 0.3 is 0 Å². The summed E-state index contributed by atoms with van der Waals surface area (Å²) < 4.78 is 0. The average Bonchev–Trinajstić information content (AvgIpc) is 2.73. The number of nitrogens with one attached hydrogen (secondary N) is 2. The Hall–Kier alpha value is -2.33. The van der Waals surface area contributed by atoms with E-state index in [1.807, 2.05) is 36.4 Å². The van der Waals surface area contributed by atoms with Crippen LogP contribution in [-0.2, 0) is 13.0 Å². The normalized spacial score (nSPS) is 29.1. The summed E-state index contributed by atoms with van der Waals surface area (Å²) in [6, 6.07) is 15.9. The summed E-state index contributed by atoms with van der Waals surface area (Å²) in [5.41, 5.74) is 10.2. The third-order valence-corrected chi connectivity index (χ3v) is 7.66. The third kappa shape index (κ3) is 4.11. The van der Waals surface area contributed by atoms with Crippen molar-refractivity contribution in [1.29, 1.82) is 0 Å². The lowest BCUT2D eigenvalue weighted by Crippen LogP contribution is -2.58. The van der Waals surface area contributed by atoms with Crippen molar-refractivity contribution < 1.29 is 4.79 Å². The van der Waals surface area contributed by atoms with Crippen LogP contribution in [0.1, 0.15) is 60.0 Å². The van der Waals surface area contributed by atoms with Crippen LogP contribution in [0.25, 0.3) is 0 Å². The predicted octanol–water partition coefficient (Wildman–Crippen LogP) is 4.30. The lowest BCUT2D eigenvalue weighted by molar-refractivity contribution is -0.0206. The lowest BCUT2D eigenvalue weighted by Gasteiger charge is -2.57. The van der Waals surface area contributed by atoms with Gasteiger partial charge in [0.1, 0.15) is 0 Å². The van der Waals surface area contributed by atoms with Gasteiger partial charge in [0.25, 0.3) is 5.91 Å². The zero-order valence-corrected chi connectivity index (χ0v) is 17.7. The molecule has 1 amide bonds. The largest absolute Gasteiger partial charge is 0.399 e. The minimum absolute atomic E-state index is 0.0231. The van der Waals surface area contributed by atoms with Gasteiger partial charge in [0.05, 0.1) is 0 Å². The number of amides is 1. The topological polar surface area (TPSA) is 67.1 Å². The summed E-state index contributed by atoms with van der Waals surface area (Å²) in [6.07, 6.45) is 9.26. The molecule has 4 aliphatic rings. The van der Waals surface area contributed by atoms with Gasteiger partial charge in [-0.05, 0) is 92.0 Å². The molecule has 4 bridgehead atoms. The van der Waals surface area contributed by atoms with Gasteiger partial charge in [0.2, 0.25) is 0 Å². The Balaban J connectivity index is 1.12. The monoisotopic (exact) mass is 403 g/mol. The zero-order chi connectivity index (χ0) is 20.6. The van der Waals surface area contributed by atoms with Gasteiger partial charge in [-0.3, -0.25) is 4.79 Å². The van der Waals surface area contributed by atoms with E-state index in [9.17, 15) is 4.79 Å². The molecule has 0 unspecified atom stereocenters. The molecule has 0 radical (unpaired) electrons. The van der Waals surface area contributed by atoms with Gasteiger partial charge in [-0.15, -0.1) is 0 Å². The molecule has 6 rings (SSSR count). The fourth-order valence-corrected chi connectivity index (χ4v) is 6.57. The number of carbonyl (C=O) groups excluding carboxylic acids is 1. The van der Waals surface area contributed by atoms with Crippen molar-refractivity contribution in [3.63, 3.8) is 0 Å². The highest BCUT2D eigenvalue weighted by Crippen LogP contribution is 2.55. The fourth-order valence-electron chi connectivity index (χ4n) is 6.57. The smallest absolute Gasteiger partial charge is 0.251 e. The van der Waals surface area contributed by atoms with Gasteiger partial charge in [-0.25, -0.2) is 0 Å². The Labute approximate surface area is 179 Å². The van der Waals surface area contributed by atoms with Crippen LogP contribution in [0.2, 0.25) is 0 Å². The van der Waals surface area contributed by atoms with Crippen molar-refractivity contribution in [3.8, 4) is 0 Å². The maximum Gasteiger partial charge on any atom is 0.251 e. The first kappa shape index (κ1) is 19.6. The number of para-hydroxylation sites is 1. The van der Waals surface area contributed by atoms with E-state index in [0.29, 0.717) is 12.1 Å². The third-order valence-electron chi connectivity index (χ3n) is 7.66. The molecular weight excluding hydrogens is 370 g/mol. The van der Waals surface area contributed by atoms with Gasteiger partial charge in [-0.2, -0.15) is 0 Å². The van der Waals surface area contributed by atoms with Crippen LogP contribution in [-0.4, -0.2) is 18.0 Å². The Bertz CT molecular complexity index is 869. The zero-order valence-electron chi connectivity index (χ0n) is 17.7. The molecule has 0 heterocycles. The predicted molar refractivity (Wildman–Crippen MR) is 121 cm³/mol. The van der Waals surface area contributed by atoms with Crippen molar-refractivity contribution in [2.75, 3.05) is 12.3 Å². The van der Waals surface area contributed by atoms with Crippen LogP contribution >= 0.6 is 0 Å². The molecule has 4 aliphatic carbocycles. The molecule has 30 heavy (non-hydrogen) atoms. The molecule has 4 N–H and O–H groups in total. The van der Waals surface area contributed by atoms with Crippen molar-refractivity contribution in [3.05, 3.63) is 65.2 Å². The fraction of sp³-hybridized carbons (Fsp3) is 0.500. The standard InChI is InChI=1S/C26H33N3O/c27-24-4-2-1-3-22(24)9-10-28-25(30)23-7-5-18(6-8-23)17-29-26-14-19-11-20(15-26)13-21(12-19)16-26/h1-8,19-21,29H,9-17,27H2,(H,28,30). The first-order valence-corrected chi connectivity index (χ1v) is 11.5. The summed E-state index contributed by atoms with van der Waals surface area (Å²) in [7, 11) is 0. The second kappa shape index (κ2) is 8.07. The molecular formula is C26H33N3O. The number of hydrogen-bond acceptors (Lipinski definition) is 3. The number of carbonyl (C=O) groups is 1. The molecule has 2 aromatic rings. The molecule has 0 spiro atoms. The Morgan fingerprint density at radius 3 is 2.20 bits per heavy atom. The van der Waals surface area contributed by atoms with Crippen LogP contribution in [0.4, 0.5) is 5.69 Å². The highest BCUT2D eigenvalue weighted by Gasteiger charge is 2.50. The second-order valence-corrected chi connectivity index (χ2v) is 9.95. The van der Waals surface area contributed by atoms with E-state index < -0.39 is 0 Å². The molecule has 0 saturated heterocycles. The van der Waals surface area contributed by atoms with E-state index in [2.05, 4.69) is 22.8 Å². The van der Waals surface area contributed by atoms with Gasteiger partial charge < -0.3 is 16.4 Å². The van der Waals surface area contributed by atoms with E-state index in [1.54, 1.807) is 0 Å². The minimum atomic E-state index is -0.0231. The SMILES string of the molecule is Nc1ccccc1CCNC(=O)c1ccc(CNC23CC4CC(CC(C4)C2)C3)cc1. The molecule has 4 saturated carbocycles. The molecule has 0 aromatic heterocycles. The van der Waals surface area contributed by atoms with E-state index in [1.165, 1.54) is 44.1 Å². The molecule has 0 aliphatic heterocycles. The Morgan fingerprint density at radius 1 is 0.933 bits per heavy atom. The van der Waals surface area contributed by atoms with Gasteiger partial charge in [0, 0.05) is 29.9 Å². The highest BCUT2D eigenvalue weighted by molar-refractivity contribution is 5.94. The quantitative estimate of drug-likeness (QED) is 0.604. The van der Waals surface area contributed by atoms with Crippen LogP contribution < -0.4 is 16.4 Å². The number of nitrogens with two attached hydrogens (primary N) is 1. The molecule has 4 heteroatoms. The molecule has 4 fully saturated rings. The number of benzene rings is 2. The number of rotatable bonds is 7. The molecule has 2 aromatic carbocycles.